The SMILES string of the molecule is Cc1cccnc1NC(=O)c1ccc(S(=O)(=O)Nc2c(C)n(C)n(-c3ccccc3)c2=O)cc1. The number of rotatable bonds is 6. The van der Waals surface area contributed by atoms with E-state index >= 15 is 0 Å². The van der Waals surface area contributed by atoms with Crippen LogP contribution < -0.4 is 15.6 Å². The van der Waals surface area contributed by atoms with Gasteiger partial charge in [0.1, 0.15) is 11.5 Å². The standard InChI is InChI=1S/C24H23N5O4S/c1-16-8-7-15-25-22(16)26-23(30)18-11-13-20(14-12-18)34(32,33)27-21-17(2)28(3)29(24(21)31)19-9-5-4-6-10-19/h4-15,27H,1-3H3,(H,25,26,30). The van der Waals surface area contributed by atoms with Crippen molar-refractivity contribution in [2.75, 3.05) is 10.0 Å². The Balaban J connectivity index is 1.58. The lowest BCUT2D eigenvalue weighted by molar-refractivity contribution is 0.102. The van der Waals surface area contributed by atoms with Gasteiger partial charge < -0.3 is 5.32 Å². The van der Waals surface area contributed by atoms with Crippen molar-refractivity contribution in [3.63, 3.8) is 0 Å². The Morgan fingerprint density at radius 1 is 0.941 bits per heavy atom. The van der Waals surface area contributed by atoms with E-state index in [4.69, 9.17) is 0 Å². The highest BCUT2D eigenvalue weighted by Crippen LogP contribution is 2.20. The third kappa shape index (κ3) is 4.35. The summed E-state index contributed by atoms with van der Waals surface area (Å²) in [5.74, 6) is 0.0171. The summed E-state index contributed by atoms with van der Waals surface area (Å²) in [5.41, 5.74) is 1.61. The molecule has 0 saturated carbocycles. The average molecular weight is 478 g/mol. The van der Waals surface area contributed by atoms with Crippen LogP contribution in [-0.2, 0) is 17.1 Å². The Morgan fingerprint density at radius 3 is 2.26 bits per heavy atom. The number of pyridine rings is 1. The number of hydrogen-bond donors (Lipinski definition) is 2. The van der Waals surface area contributed by atoms with Crippen molar-refractivity contribution < 1.29 is 13.2 Å². The normalized spacial score (nSPS) is 11.3. The van der Waals surface area contributed by atoms with Crippen LogP contribution >= 0.6 is 0 Å². The fourth-order valence-electron chi connectivity index (χ4n) is 3.46. The molecular weight excluding hydrogens is 454 g/mol. The van der Waals surface area contributed by atoms with Gasteiger partial charge in [-0.2, -0.15) is 0 Å². The molecule has 2 heterocycles. The van der Waals surface area contributed by atoms with Crippen molar-refractivity contribution >= 4 is 27.4 Å². The van der Waals surface area contributed by atoms with E-state index in [0.717, 1.165) is 5.56 Å². The number of nitrogens with zero attached hydrogens (tertiary/aromatic N) is 3. The molecule has 2 aromatic carbocycles. The maximum absolute atomic E-state index is 13.0. The van der Waals surface area contributed by atoms with Gasteiger partial charge in [-0.05, 0) is 61.9 Å². The van der Waals surface area contributed by atoms with Gasteiger partial charge in [0, 0.05) is 18.8 Å². The van der Waals surface area contributed by atoms with E-state index in [9.17, 15) is 18.0 Å². The van der Waals surface area contributed by atoms with Crippen molar-refractivity contribution in [3.05, 3.63) is 100 Å². The Kier molecular flexibility index (Phi) is 6.08. The zero-order valence-corrected chi connectivity index (χ0v) is 19.6. The van der Waals surface area contributed by atoms with Crippen molar-refractivity contribution in [2.45, 2.75) is 18.7 Å². The maximum atomic E-state index is 13.0. The molecule has 0 aliphatic heterocycles. The summed E-state index contributed by atoms with van der Waals surface area (Å²) in [6.45, 7) is 3.48. The van der Waals surface area contributed by atoms with Gasteiger partial charge >= 0.3 is 0 Å². The summed E-state index contributed by atoms with van der Waals surface area (Å²) in [5, 5.41) is 2.70. The molecule has 4 rings (SSSR count). The van der Waals surface area contributed by atoms with E-state index in [0.29, 0.717) is 17.2 Å². The van der Waals surface area contributed by atoms with E-state index in [1.807, 2.05) is 19.1 Å². The molecule has 0 spiro atoms. The molecule has 2 N–H and O–H groups in total. The van der Waals surface area contributed by atoms with Gasteiger partial charge in [-0.15, -0.1) is 0 Å². The minimum Gasteiger partial charge on any atom is -0.306 e. The lowest BCUT2D eigenvalue weighted by Crippen LogP contribution is -2.23. The van der Waals surface area contributed by atoms with Crippen LogP contribution in [0.25, 0.3) is 5.69 Å². The van der Waals surface area contributed by atoms with Gasteiger partial charge in [-0.1, -0.05) is 24.3 Å². The molecule has 0 saturated heterocycles. The Labute approximate surface area is 196 Å². The number of para-hydroxylation sites is 1. The van der Waals surface area contributed by atoms with E-state index in [1.165, 1.54) is 28.9 Å². The van der Waals surface area contributed by atoms with Crippen LogP contribution in [0, 0.1) is 13.8 Å². The third-order valence-electron chi connectivity index (χ3n) is 5.46. The first-order valence-electron chi connectivity index (χ1n) is 10.4. The minimum atomic E-state index is -4.07. The smallest absolute Gasteiger partial charge is 0.296 e. The maximum Gasteiger partial charge on any atom is 0.296 e. The first-order valence-corrected chi connectivity index (χ1v) is 11.9. The number of aryl methyl sites for hydroxylation is 1. The van der Waals surface area contributed by atoms with E-state index in [-0.39, 0.29) is 16.1 Å². The third-order valence-corrected chi connectivity index (χ3v) is 6.82. The number of benzene rings is 2. The fourth-order valence-corrected chi connectivity index (χ4v) is 4.58. The van der Waals surface area contributed by atoms with Gasteiger partial charge in [0.2, 0.25) is 0 Å². The van der Waals surface area contributed by atoms with Crippen molar-refractivity contribution in [1.82, 2.24) is 14.3 Å². The number of amides is 1. The summed E-state index contributed by atoms with van der Waals surface area (Å²) in [6.07, 6.45) is 1.57. The van der Waals surface area contributed by atoms with Crippen LogP contribution in [0.2, 0.25) is 0 Å². The van der Waals surface area contributed by atoms with Gasteiger partial charge in [0.15, 0.2) is 0 Å². The van der Waals surface area contributed by atoms with Crippen LogP contribution in [-0.4, -0.2) is 28.7 Å². The number of hydrogen-bond acceptors (Lipinski definition) is 5. The van der Waals surface area contributed by atoms with Gasteiger partial charge in [-0.25, -0.2) is 18.1 Å². The Morgan fingerprint density at radius 2 is 1.62 bits per heavy atom. The molecule has 0 unspecified atom stereocenters. The molecule has 9 nitrogen and oxygen atoms in total. The number of anilines is 2. The zero-order chi connectivity index (χ0) is 24.5. The second kappa shape index (κ2) is 8.99. The molecule has 2 aromatic heterocycles. The number of aromatic nitrogens is 3. The first kappa shape index (κ1) is 23.0. The topological polar surface area (TPSA) is 115 Å². The number of nitrogens with one attached hydrogen (secondary N) is 2. The van der Waals surface area contributed by atoms with Crippen LogP contribution in [0.1, 0.15) is 21.6 Å². The second-order valence-electron chi connectivity index (χ2n) is 7.69. The molecule has 174 valence electrons. The lowest BCUT2D eigenvalue weighted by atomic mass is 10.2. The predicted octanol–water partition coefficient (Wildman–Crippen LogP) is 3.24. The van der Waals surface area contributed by atoms with Gasteiger partial charge in [-0.3, -0.25) is 19.0 Å². The highest BCUT2D eigenvalue weighted by Gasteiger charge is 2.23. The van der Waals surface area contributed by atoms with Crippen LogP contribution in [0.4, 0.5) is 11.5 Å². The van der Waals surface area contributed by atoms with Gasteiger partial charge in [0.25, 0.3) is 21.5 Å². The quantitative estimate of drug-likeness (QED) is 0.442. The Bertz CT molecular complexity index is 1520. The van der Waals surface area contributed by atoms with Crippen LogP contribution in [0.5, 0.6) is 0 Å². The van der Waals surface area contributed by atoms with Crippen molar-refractivity contribution in [1.29, 1.82) is 0 Å². The molecule has 34 heavy (non-hydrogen) atoms. The van der Waals surface area contributed by atoms with E-state index < -0.39 is 21.5 Å². The summed E-state index contributed by atoms with van der Waals surface area (Å²) in [7, 11) is -2.39. The Hall–Kier alpha value is -4.18. The van der Waals surface area contributed by atoms with Crippen molar-refractivity contribution in [2.24, 2.45) is 7.05 Å². The molecule has 0 bridgehead atoms. The monoisotopic (exact) mass is 477 g/mol. The lowest BCUT2D eigenvalue weighted by Gasteiger charge is -2.09. The molecule has 0 aliphatic rings. The molecule has 10 heteroatoms. The molecule has 0 atom stereocenters. The summed E-state index contributed by atoms with van der Waals surface area (Å²) in [6, 6.07) is 18.0. The highest BCUT2D eigenvalue weighted by atomic mass is 32.2. The fraction of sp³-hybridized carbons (Fsp3) is 0.125. The molecular formula is C24H23N5O4S. The highest BCUT2D eigenvalue weighted by molar-refractivity contribution is 7.92. The molecule has 1 amide bonds. The second-order valence-corrected chi connectivity index (χ2v) is 9.37. The summed E-state index contributed by atoms with van der Waals surface area (Å²) >= 11 is 0. The molecule has 0 aliphatic carbocycles. The van der Waals surface area contributed by atoms with E-state index in [1.54, 1.807) is 55.2 Å². The van der Waals surface area contributed by atoms with Gasteiger partial charge in [0.05, 0.1) is 16.3 Å². The van der Waals surface area contributed by atoms with E-state index in [2.05, 4.69) is 15.0 Å². The summed E-state index contributed by atoms with van der Waals surface area (Å²) in [4.78, 5) is 29.6. The number of carbonyl (C=O) groups excluding carboxylic acids is 1. The average Bonchev–Trinajstić information content (AvgIpc) is 3.04. The molecule has 0 radical (unpaired) electrons. The van der Waals surface area contributed by atoms with Crippen LogP contribution in [0.3, 0.4) is 0 Å². The zero-order valence-electron chi connectivity index (χ0n) is 18.8. The van der Waals surface area contributed by atoms with Crippen LogP contribution in [0.15, 0.2) is 82.6 Å². The predicted molar refractivity (Wildman–Crippen MR) is 130 cm³/mol. The molecule has 0 fully saturated rings. The first-order chi connectivity index (χ1) is 16.2. The minimum absolute atomic E-state index is 0.0428. The largest absolute Gasteiger partial charge is 0.306 e. The summed E-state index contributed by atoms with van der Waals surface area (Å²) < 4.78 is 31.4. The molecule has 4 aromatic rings. The number of sulfonamides is 1. The number of carbonyl (C=O) groups is 1. The van der Waals surface area contributed by atoms with Crippen molar-refractivity contribution in [3.8, 4) is 5.69 Å².